The van der Waals surface area contributed by atoms with Crippen LogP contribution in [0.4, 0.5) is 0 Å². The Morgan fingerprint density at radius 3 is 2.94 bits per heavy atom. The molecule has 0 fully saturated rings. The number of hydrogen-bond acceptors (Lipinski definition) is 1. The average Bonchev–Trinajstić information content (AvgIpc) is 2.68. The van der Waals surface area contributed by atoms with Gasteiger partial charge in [-0.3, -0.25) is 0 Å². The van der Waals surface area contributed by atoms with Crippen molar-refractivity contribution in [1.29, 1.82) is 0 Å². The maximum absolute atomic E-state index is 4.11. The molecular weight excluding hydrogens is 238 g/mol. The van der Waals surface area contributed by atoms with Crippen molar-refractivity contribution in [3.05, 3.63) is 65.7 Å². The second-order valence-electron chi connectivity index (χ2n) is 4.41. The molecule has 0 aliphatic carbocycles. The van der Waals surface area contributed by atoms with Gasteiger partial charge >= 0.3 is 0 Å². The van der Waals surface area contributed by atoms with Gasteiger partial charge in [-0.25, -0.2) is 0 Å². The van der Waals surface area contributed by atoms with Crippen LogP contribution in [0.5, 0.6) is 0 Å². The standard InChI is InChI=1S/C16H15NS/c1-12-8-4-3-5-11-15-16(18-12)13-9-6-7-10-14(13)17(15)2/h3-10H,1,11H2,2H3/b5-3-,8-4-. The zero-order valence-electron chi connectivity index (χ0n) is 10.4. The molecule has 2 heteroatoms. The van der Waals surface area contributed by atoms with E-state index in [2.05, 4.69) is 66.8 Å². The van der Waals surface area contributed by atoms with Gasteiger partial charge < -0.3 is 4.57 Å². The number of allylic oxidation sites excluding steroid dienone is 4. The summed E-state index contributed by atoms with van der Waals surface area (Å²) in [5.41, 5.74) is 2.66. The van der Waals surface area contributed by atoms with Gasteiger partial charge in [0.2, 0.25) is 0 Å². The van der Waals surface area contributed by atoms with E-state index in [1.165, 1.54) is 21.5 Å². The van der Waals surface area contributed by atoms with Crippen molar-refractivity contribution in [2.24, 2.45) is 7.05 Å². The van der Waals surface area contributed by atoms with Gasteiger partial charge in [-0.05, 0) is 12.1 Å². The monoisotopic (exact) mass is 253 g/mol. The number of rotatable bonds is 0. The fourth-order valence-electron chi connectivity index (χ4n) is 2.34. The molecule has 0 atom stereocenters. The SMILES string of the molecule is C=C1/C=C\C=C/Cc2c(c3ccccc3n2C)S1. The lowest BCUT2D eigenvalue weighted by Crippen LogP contribution is -1.95. The van der Waals surface area contributed by atoms with Gasteiger partial charge in [0.15, 0.2) is 0 Å². The number of para-hydroxylation sites is 1. The highest BCUT2D eigenvalue weighted by molar-refractivity contribution is 8.03. The highest BCUT2D eigenvalue weighted by Gasteiger charge is 2.15. The van der Waals surface area contributed by atoms with E-state index in [1.807, 2.05) is 0 Å². The van der Waals surface area contributed by atoms with Gasteiger partial charge in [0.1, 0.15) is 0 Å². The second-order valence-corrected chi connectivity index (χ2v) is 5.55. The highest BCUT2D eigenvalue weighted by atomic mass is 32.2. The Morgan fingerprint density at radius 2 is 2.06 bits per heavy atom. The summed E-state index contributed by atoms with van der Waals surface area (Å²) >= 11 is 1.77. The van der Waals surface area contributed by atoms with Crippen LogP contribution in [0.1, 0.15) is 5.69 Å². The first-order valence-corrected chi connectivity index (χ1v) is 6.85. The summed E-state index contributed by atoms with van der Waals surface area (Å²) < 4.78 is 2.29. The van der Waals surface area contributed by atoms with Gasteiger partial charge in [0, 0.05) is 39.9 Å². The van der Waals surface area contributed by atoms with Gasteiger partial charge in [0.25, 0.3) is 0 Å². The number of nitrogens with zero attached hydrogens (tertiary/aromatic N) is 1. The van der Waals surface area contributed by atoms with Crippen LogP contribution in [-0.2, 0) is 13.5 Å². The molecule has 1 aliphatic rings. The highest BCUT2D eigenvalue weighted by Crippen LogP contribution is 2.38. The van der Waals surface area contributed by atoms with E-state index < -0.39 is 0 Å². The van der Waals surface area contributed by atoms with Gasteiger partial charge in [-0.1, -0.05) is 54.8 Å². The van der Waals surface area contributed by atoms with Crippen molar-refractivity contribution in [3.63, 3.8) is 0 Å². The van der Waals surface area contributed by atoms with E-state index in [4.69, 9.17) is 0 Å². The summed E-state index contributed by atoms with van der Waals surface area (Å²) in [6, 6.07) is 8.57. The summed E-state index contributed by atoms with van der Waals surface area (Å²) in [6.07, 6.45) is 9.39. The van der Waals surface area contributed by atoms with Crippen LogP contribution in [0.25, 0.3) is 10.9 Å². The van der Waals surface area contributed by atoms with E-state index in [0.717, 1.165) is 11.3 Å². The lowest BCUT2D eigenvalue weighted by atomic mass is 10.2. The molecule has 0 saturated heterocycles. The van der Waals surface area contributed by atoms with Crippen LogP contribution >= 0.6 is 11.8 Å². The van der Waals surface area contributed by atoms with Crippen LogP contribution in [0.2, 0.25) is 0 Å². The number of hydrogen-bond donors (Lipinski definition) is 0. The maximum atomic E-state index is 4.11. The lowest BCUT2D eigenvalue weighted by molar-refractivity contribution is 0.870. The average molecular weight is 253 g/mol. The molecule has 1 aromatic carbocycles. The molecule has 3 rings (SSSR count). The fourth-order valence-corrected chi connectivity index (χ4v) is 3.37. The summed E-state index contributed by atoms with van der Waals surface area (Å²) in [7, 11) is 2.14. The molecule has 0 N–H and O–H groups in total. The van der Waals surface area contributed by atoms with E-state index in [1.54, 1.807) is 11.8 Å². The Kier molecular flexibility index (Phi) is 2.88. The van der Waals surface area contributed by atoms with E-state index >= 15 is 0 Å². The molecule has 2 heterocycles. The third-order valence-corrected chi connectivity index (χ3v) is 4.31. The number of aromatic nitrogens is 1. The summed E-state index contributed by atoms with van der Waals surface area (Å²) in [5, 5.41) is 1.32. The number of fused-ring (bicyclic) bond motifs is 3. The van der Waals surface area contributed by atoms with Crippen LogP contribution in [0, 0.1) is 0 Å². The van der Waals surface area contributed by atoms with Crippen molar-refractivity contribution in [2.45, 2.75) is 11.3 Å². The Morgan fingerprint density at radius 1 is 1.22 bits per heavy atom. The molecular formula is C16H15NS. The van der Waals surface area contributed by atoms with E-state index in [9.17, 15) is 0 Å². The zero-order chi connectivity index (χ0) is 12.5. The first-order valence-electron chi connectivity index (χ1n) is 6.03. The smallest absolute Gasteiger partial charge is 0.0491 e. The van der Waals surface area contributed by atoms with Gasteiger partial charge in [-0.15, -0.1) is 0 Å². The molecule has 0 spiro atoms. The molecule has 0 unspecified atom stereocenters. The Hall–Kier alpha value is -1.67. The predicted octanol–water partition coefficient (Wildman–Crippen LogP) is 4.45. The fraction of sp³-hybridized carbons (Fsp3) is 0.125. The molecule has 1 aromatic heterocycles. The van der Waals surface area contributed by atoms with Gasteiger partial charge in [-0.2, -0.15) is 0 Å². The van der Waals surface area contributed by atoms with Crippen LogP contribution in [0.15, 0.2) is 64.9 Å². The molecule has 0 amide bonds. The van der Waals surface area contributed by atoms with Crippen molar-refractivity contribution in [2.75, 3.05) is 0 Å². The summed E-state index contributed by atoms with van der Waals surface area (Å²) in [4.78, 5) is 2.42. The predicted molar refractivity (Wildman–Crippen MR) is 79.9 cm³/mol. The maximum Gasteiger partial charge on any atom is 0.0491 e. The molecule has 1 nitrogen and oxygen atoms in total. The van der Waals surface area contributed by atoms with E-state index in [-0.39, 0.29) is 0 Å². The summed E-state index contributed by atoms with van der Waals surface area (Å²) in [6.45, 7) is 4.11. The molecule has 0 radical (unpaired) electrons. The van der Waals surface area contributed by atoms with Crippen molar-refractivity contribution in [1.82, 2.24) is 4.57 Å². The minimum atomic E-state index is 0.963. The summed E-state index contributed by atoms with van der Waals surface area (Å²) in [5.74, 6) is 0. The first-order chi connectivity index (χ1) is 8.77. The topological polar surface area (TPSA) is 4.93 Å². The van der Waals surface area contributed by atoms with Crippen molar-refractivity contribution >= 4 is 22.7 Å². The van der Waals surface area contributed by atoms with Gasteiger partial charge in [0.05, 0.1) is 0 Å². The van der Waals surface area contributed by atoms with E-state index in [0.29, 0.717) is 0 Å². The molecule has 0 bridgehead atoms. The van der Waals surface area contributed by atoms with Crippen LogP contribution < -0.4 is 0 Å². The normalized spacial score (nSPS) is 18.8. The Balaban J connectivity index is 2.28. The number of benzene rings is 1. The lowest BCUT2D eigenvalue weighted by Gasteiger charge is -2.04. The molecule has 0 saturated carbocycles. The second kappa shape index (κ2) is 4.54. The largest absolute Gasteiger partial charge is 0.346 e. The first kappa shape index (κ1) is 11.4. The Labute approximate surface area is 112 Å². The van der Waals surface area contributed by atoms with Crippen molar-refractivity contribution in [3.8, 4) is 0 Å². The molecule has 90 valence electrons. The van der Waals surface area contributed by atoms with Crippen LogP contribution in [-0.4, -0.2) is 4.57 Å². The minimum absolute atomic E-state index is 0.963. The molecule has 2 aromatic rings. The van der Waals surface area contributed by atoms with Crippen molar-refractivity contribution < 1.29 is 0 Å². The third kappa shape index (κ3) is 1.83. The molecule has 1 aliphatic heterocycles. The number of thioether (sulfide) groups is 1. The number of aryl methyl sites for hydroxylation is 1. The van der Waals surface area contributed by atoms with Crippen LogP contribution in [0.3, 0.4) is 0 Å². The Bertz CT molecular complexity index is 674. The quantitative estimate of drug-likeness (QED) is 0.671. The zero-order valence-corrected chi connectivity index (χ0v) is 11.2. The minimum Gasteiger partial charge on any atom is -0.346 e. The molecule has 18 heavy (non-hydrogen) atoms. The third-order valence-electron chi connectivity index (χ3n) is 3.25.